The summed E-state index contributed by atoms with van der Waals surface area (Å²) in [6.07, 6.45) is 1.43. The van der Waals surface area contributed by atoms with E-state index < -0.39 is 0 Å². The van der Waals surface area contributed by atoms with Crippen molar-refractivity contribution in [1.82, 2.24) is 19.6 Å². The molecule has 4 heterocycles. The molecular weight excluding hydrogens is 236 g/mol. The molecule has 2 bridgehead atoms. The number of fused-ring (bicyclic) bond motifs is 2. The van der Waals surface area contributed by atoms with E-state index in [2.05, 4.69) is 40.5 Å². The molecule has 4 saturated heterocycles. The van der Waals surface area contributed by atoms with Crippen molar-refractivity contribution in [2.24, 2.45) is 0 Å². The summed E-state index contributed by atoms with van der Waals surface area (Å²) in [7, 11) is 2.30. The highest BCUT2D eigenvalue weighted by molar-refractivity contribution is 5.06. The standard InChI is InChI=1S/C15H28N4/c1-11(2)17-6-14(7-17)18-8-15(9-18)19-10-12-4-13(19)5-16(12)3/h11-15H,4-10H2,1-3H3. The third-order valence-corrected chi connectivity index (χ3v) is 6.05. The summed E-state index contributed by atoms with van der Waals surface area (Å²) < 4.78 is 0. The Balaban J connectivity index is 1.24. The second kappa shape index (κ2) is 4.42. The molecule has 4 heteroatoms. The average Bonchev–Trinajstić information content (AvgIpc) is 2.76. The first-order valence-electron chi connectivity index (χ1n) is 8.06. The summed E-state index contributed by atoms with van der Waals surface area (Å²) >= 11 is 0. The lowest BCUT2D eigenvalue weighted by molar-refractivity contribution is -0.0681. The van der Waals surface area contributed by atoms with Crippen LogP contribution in [0.15, 0.2) is 0 Å². The lowest BCUT2D eigenvalue weighted by atomic mass is 9.97. The quantitative estimate of drug-likeness (QED) is 0.719. The van der Waals surface area contributed by atoms with Crippen LogP contribution in [0.5, 0.6) is 0 Å². The van der Waals surface area contributed by atoms with Crippen LogP contribution in [0.3, 0.4) is 0 Å². The topological polar surface area (TPSA) is 13.0 Å². The maximum absolute atomic E-state index is 2.82. The second-order valence-corrected chi connectivity index (χ2v) is 7.49. The van der Waals surface area contributed by atoms with Gasteiger partial charge in [0.2, 0.25) is 0 Å². The lowest BCUT2D eigenvalue weighted by Gasteiger charge is -2.56. The summed E-state index contributed by atoms with van der Waals surface area (Å²) in [5, 5.41) is 0. The maximum Gasteiger partial charge on any atom is 0.0354 e. The fourth-order valence-corrected chi connectivity index (χ4v) is 4.48. The van der Waals surface area contributed by atoms with Gasteiger partial charge in [-0.25, -0.2) is 0 Å². The summed E-state index contributed by atoms with van der Waals surface area (Å²) in [5.74, 6) is 0. The predicted octanol–water partition coefficient (Wildman–Crippen LogP) is 0.152. The van der Waals surface area contributed by atoms with Crippen molar-refractivity contribution in [2.75, 3.05) is 46.3 Å². The lowest BCUT2D eigenvalue weighted by Crippen LogP contribution is -2.71. The van der Waals surface area contributed by atoms with Crippen LogP contribution in [0, 0.1) is 0 Å². The molecule has 4 rings (SSSR count). The fourth-order valence-electron chi connectivity index (χ4n) is 4.48. The summed E-state index contributed by atoms with van der Waals surface area (Å²) in [4.78, 5) is 10.7. The van der Waals surface area contributed by atoms with Gasteiger partial charge in [-0.1, -0.05) is 0 Å². The van der Waals surface area contributed by atoms with Gasteiger partial charge in [0, 0.05) is 69.5 Å². The van der Waals surface area contributed by atoms with Gasteiger partial charge in [-0.3, -0.25) is 14.7 Å². The minimum atomic E-state index is 0.734. The van der Waals surface area contributed by atoms with Gasteiger partial charge in [0.15, 0.2) is 0 Å². The number of piperazine rings is 1. The molecule has 0 aromatic carbocycles. The molecule has 0 aromatic rings. The number of hydrogen-bond acceptors (Lipinski definition) is 4. The smallest absolute Gasteiger partial charge is 0.0354 e. The molecule has 0 radical (unpaired) electrons. The molecule has 2 unspecified atom stereocenters. The van der Waals surface area contributed by atoms with Crippen LogP contribution in [0.25, 0.3) is 0 Å². The van der Waals surface area contributed by atoms with Crippen molar-refractivity contribution < 1.29 is 0 Å². The molecule has 4 fully saturated rings. The normalized spacial score (nSPS) is 39.2. The van der Waals surface area contributed by atoms with Gasteiger partial charge in [0.25, 0.3) is 0 Å². The zero-order valence-electron chi connectivity index (χ0n) is 12.6. The third-order valence-electron chi connectivity index (χ3n) is 6.05. The first kappa shape index (κ1) is 12.6. The molecule has 0 aromatic heterocycles. The number of nitrogens with zero attached hydrogens (tertiary/aromatic N) is 4. The highest BCUT2D eigenvalue weighted by atomic mass is 15.4. The Morgan fingerprint density at radius 3 is 2.05 bits per heavy atom. The Hall–Kier alpha value is -0.160. The molecule has 2 atom stereocenters. The first-order chi connectivity index (χ1) is 9.11. The van der Waals surface area contributed by atoms with E-state index >= 15 is 0 Å². The van der Waals surface area contributed by atoms with E-state index in [4.69, 9.17) is 0 Å². The molecule has 19 heavy (non-hydrogen) atoms. The van der Waals surface area contributed by atoms with Gasteiger partial charge in [0.05, 0.1) is 0 Å². The van der Waals surface area contributed by atoms with Crippen LogP contribution in [-0.4, -0.2) is 96.1 Å². The molecule has 4 aliphatic heterocycles. The number of likely N-dealkylation sites (tertiary alicyclic amines) is 4. The Labute approximate surface area is 117 Å². The average molecular weight is 264 g/mol. The highest BCUT2D eigenvalue weighted by Crippen LogP contribution is 2.34. The molecular formula is C15H28N4. The second-order valence-electron chi connectivity index (χ2n) is 7.49. The van der Waals surface area contributed by atoms with Crippen LogP contribution in [0.2, 0.25) is 0 Å². The Kier molecular flexibility index (Phi) is 2.92. The van der Waals surface area contributed by atoms with Gasteiger partial charge < -0.3 is 4.90 Å². The van der Waals surface area contributed by atoms with E-state index in [0.29, 0.717) is 0 Å². The van der Waals surface area contributed by atoms with Crippen molar-refractivity contribution in [2.45, 2.75) is 50.5 Å². The number of hydrogen-bond donors (Lipinski definition) is 0. The largest absolute Gasteiger partial charge is 0.301 e. The number of likely N-dealkylation sites (N-methyl/N-ethyl adjacent to an activating group) is 1. The monoisotopic (exact) mass is 264 g/mol. The Bertz CT molecular complexity index is 344. The van der Waals surface area contributed by atoms with E-state index in [1.165, 1.54) is 45.7 Å². The number of rotatable bonds is 3. The summed E-state index contributed by atoms with van der Waals surface area (Å²) in [6.45, 7) is 12.6. The van der Waals surface area contributed by atoms with E-state index in [0.717, 1.165) is 30.2 Å². The SMILES string of the molecule is CC(C)N1CC(N2CC(N3CC4CC3CN4C)C2)C1. The summed E-state index contributed by atoms with van der Waals surface area (Å²) in [5.41, 5.74) is 0. The fraction of sp³-hybridized carbons (Fsp3) is 1.00. The molecule has 0 spiro atoms. The van der Waals surface area contributed by atoms with E-state index in [-0.39, 0.29) is 0 Å². The van der Waals surface area contributed by atoms with Gasteiger partial charge in [-0.2, -0.15) is 0 Å². The predicted molar refractivity (Wildman–Crippen MR) is 77.4 cm³/mol. The molecule has 4 aliphatic rings. The van der Waals surface area contributed by atoms with E-state index in [1.807, 2.05) is 0 Å². The molecule has 4 nitrogen and oxygen atoms in total. The third kappa shape index (κ3) is 1.96. The van der Waals surface area contributed by atoms with Crippen LogP contribution < -0.4 is 0 Å². The van der Waals surface area contributed by atoms with Crippen molar-refractivity contribution in [3.8, 4) is 0 Å². The molecule has 108 valence electrons. The minimum Gasteiger partial charge on any atom is -0.301 e. The first-order valence-corrected chi connectivity index (χ1v) is 8.06. The Morgan fingerprint density at radius 1 is 0.789 bits per heavy atom. The van der Waals surface area contributed by atoms with Crippen molar-refractivity contribution in [1.29, 1.82) is 0 Å². The zero-order chi connectivity index (χ0) is 13.1. The molecule has 0 aliphatic carbocycles. The molecule has 0 saturated carbocycles. The van der Waals surface area contributed by atoms with E-state index in [1.54, 1.807) is 0 Å². The summed E-state index contributed by atoms with van der Waals surface area (Å²) in [6, 6.07) is 4.20. The van der Waals surface area contributed by atoms with Crippen molar-refractivity contribution in [3.63, 3.8) is 0 Å². The van der Waals surface area contributed by atoms with Crippen molar-refractivity contribution >= 4 is 0 Å². The van der Waals surface area contributed by atoms with Crippen molar-refractivity contribution in [3.05, 3.63) is 0 Å². The Morgan fingerprint density at radius 2 is 1.53 bits per heavy atom. The van der Waals surface area contributed by atoms with Gasteiger partial charge in [-0.15, -0.1) is 0 Å². The van der Waals surface area contributed by atoms with Crippen LogP contribution in [0.1, 0.15) is 20.3 Å². The molecule has 0 N–H and O–H groups in total. The highest BCUT2D eigenvalue weighted by Gasteiger charge is 2.48. The maximum atomic E-state index is 2.82. The van der Waals surface area contributed by atoms with Crippen LogP contribution >= 0.6 is 0 Å². The van der Waals surface area contributed by atoms with Gasteiger partial charge in [-0.05, 0) is 27.3 Å². The van der Waals surface area contributed by atoms with E-state index in [9.17, 15) is 0 Å². The van der Waals surface area contributed by atoms with Gasteiger partial charge >= 0.3 is 0 Å². The van der Waals surface area contributed by atoms with Crippen LogP contribution in [0.4, 0.5) is 0 Å². The van der Waals surface area contributed by atoms with Crippen LogP contribution in [-0.2, 0) is 0 Å². The molecule has 0 amide bonds. The zero-order valence-corrected chi connectivity index (χ0v) is 12.6. The van der Waals surface area contributed by atoms with Gasteiger partial charge in [0.1, 0.15) is 0 Å². The minimum absolute atomic E-state index is 0.734.